The van der Waals surface area contributed by atoms with Crippen molar-refractivity contribution in [3.05, 3.63) is 28.7 Å². The van der Waals surface area contributed by atoms with Gasteiger partial charge in [-0.25, -0.2) is 0 Å². The first-order valence-corrected chi connectivity index (χ1v) is 8.52. The summed E-state index contributed by atoms with van der Waals surface area (Å²) >= 11 is 3.36. The number of benzene rings is 1. The van der Waals surface area contributed by atoms with Gasteiger partial charge < -0.3 is 20.7 Å². The molecule has 0 aromatic heterocycles. The van der Waals surface area contributed by atoms with Crippen molar-refractivity contribution < 1.29 is 9.53 Å². The fourth-order valence-corrected chi connectivity index (χ4v) is 2.06. The van der Waals surface area contributed by atoms with Crippen molar-refractivity contribution in [2.45, 2.75) is 19.8 Å². The van der Waals surface area contributed by atoms with Crippen LogP contribution in [0.15, 0.2) is 33.7 Å². The van der Waals surface area contributed by atoms with E-state index in [0.717, 1.165) is 36.3 Å². The second-order valence-electron chi connectivity index (χ2n) is 4.78. The highest BCUT2D eigenvalue weighted by atomic mass is 79.9. The van der Waals surface area contributed by atoms with E-state index < -0.39 is 0 Å². The molecular formula is C16H25BrN4O2. The topological polar surface area (TPSA) is 74.8 Å². The Morgan fingerprint density at radius 1 is 1.22 bits per heavy atom. The monoisotopic (exact) mass is 384 g/mol. The first kappa shape index (κ1) is 19.4. The lowest BCUT2D eigenvalue weighted by Gasteiger charge is -2.12. The lowest BCUT2D eigenvalue weighted by Crippen LogP contribution is -2.39. The molecule has 0 heterocycles. The number of aliphatic imine (C=N–C) groups is 1. The van der Waals surface area contributed by atoms with Crippen LogP contribution in [0.2, 0.25) is 0 Å². The maximum absolute atomic E-state index is 11.9. The molecule has 0 aliphatic heterocycles. The summed E-state index contributed by atoms with van der Waals surface area (Å²) in [5.41, 5.74) is 0.789. The van der Waals surface area contributed by atoms with E-state index in [0.29, 0.717) is 18.9 Å². The molecule has 0 fully saturated rings. The third kappa shape index (κ3) is 9.20. The van der Waals surface area contributed by atoms with Crippen LogP contribution in [0.3, 0.4) is 0 Å². The summed E-state index contributed by atoms with van der Waals surface area (Å²) in [7, 11) is 1.71. The van der Waals surface area contributed by atoms with Gasteiger partial charge in [-0.2, -0.15) is 0 Å². The van der Waals surface area contributed by atoms with E-state index >= 15 is 0 Å². The first-order chi connectivity index (χ1) is 11.2. The summed E-state index contributed by atoms with van der Waals surface area (Å²) in [5.74, 6) is 0.657. The van der Waals surface area contributed by atoms with Crippen molar-refractivity contribution in [1.82, 2.24) is 10.6 Å². The molecule has 1 aromatic carbocycles. The van der Waals surface area contributed by atoms with Gasteiger partial charge in [-0.05, 0) is 37.6 Å². The smallest absolute Gasteiger partial charge is 0.226 e. The van der Waals surface area contributed by atoms with Gasteiger partial charge in [0.25, 0.3) is 0 Å². The van der Waals surface area contributed by atoms with Crippen molar-refractivity contribution >= 4 is 33.5 Å². The Balaban J connectivity index is 2.18. The summed E-state index contributed by atoms with van der Waals surface area (Å²) < 4.78 is 6.25. The zero-order valence-electron chi connectivity index (χ0n) is 13.7. The first-order valence-electron chi connectivity index (χ1n) is 7.73. The number of rotatable bonds is 9. The molecule has 0 aliphatic rings. The number of halogens is 1. The Morgan fingerprint density at radius 3 is 2.57 bits per heavy atom. The van der Waals surface area contributed by atoms with Gasteiger partial charge in [0, 0.05) is 49.9 Å². The number of carbonyl (C=O) groups is 1. The van der Waals surface area contributed by atoms with E-state index in [1.165, 1.54) is 0 Å². The van der Waals surface area contributed by atoms with Gasteiger partial charge in [0.1, 0.15) is 0 Å². The fourth-order valence-electron chi connectivity index (χ4n) is 1.80. The largest absolute Gasteiger partial charge is 0.382 e. The number of anilines is 1. The van der Waals surface area contributed by atoms with Gasteiger partial charge in [0.15, 0.2) is 5.96 Å². The molecule has 7 heteroatoms. The molecule has 0 radical (unpaired) electrons. The SMILES string of the molecule is CCOCCCNC(=NC)NCCC(=O)Nc1ccc(Br)cc1. The zero-order valence-corrected chi connectivity index (χ0v) is 15.3. The molecule has 0 atom stereocenters. The van der Waals surface area contributed by atoms with E-state index in [1.54, 1.807) is 7.05 Å². The minimum Gasteiger partial charge on any atom is -0.382 e. The molecule has 3 N–H and O–H groups in total. The van der Waals surface area contributed by atoms with E-state index in [2.05, 4.69) is 36.9 Å². The Bertz CT molecular complexity index is 491. The molecule has 0 saturated carbocycles. The van der Waals surface area contributed by atoms with Gasteiger partial charge in [0.2, 0.25) is 5.91 Å². The van der Waals surface area contributed by atoms with E-state index in [1.807, 2.05) is 31.2 Å². The summed E-state index contributed by atoms with van der Waals surface area (Å²) in [4.78, 5) is 16.0. The van der Waals surface area contributed by atoms with Crippen LogP contribution in [0.4, 0.5) is 5.69 Å². The molecule has 0 aliphatic carbocycles. The molecule has 1 aromatic rings. The fraction of sp³-hybridized carbons (Fsp3) is 0.500. The highest BCUT2D eigenvalue weighted by Crippen LogP contribution is 2.14. The number of hydrogen-bond donors (Lipinski definition) is 3. The van der Waals surface area contributed by atoms with Gasteiger partial charge in [-0.15, -0.1) is 0 Å². The van der Waals surface area contributed by atoms with Crippen LogP contribution in [0, 0.1) is 0 Å². The minimum absolute atomic E-state index is 0.0355. The Hall–Kier alpha value is -1.60. The van der Waals surface area contributed by atoms with Crippen LogP contribution in [0.25, 0.3) is 0 Å². The molecule has 0 unspecified atom stereocenters. The summed E-state index contributed by atoms with van der Waals surface area (Å²) in [6.07, 6.45) is 1.29. The molecule has 0 saturated heterocycles. The quantitative estimate of drug-likeness (QED) is 0.347. The van der Waals surface area contributed by atoms with Crippen molar-refractivity contribution in [3.8, 4) is 0 Å². The molecule has 23 heavy (non-hydrogen) atoms. The van der Waals surface area contributed by atoms with Gasteiger partial charge in [-0.3, -0.25) is 9.79 Å². The maximum atomic E-state index is 11.9. The summed E-state index contributed by atoms with van der Waals surface area (Å²) in [6.45, 7) is 4.75. The van der Waals surface area contributed by atoms with Crippen molar-refractivity contribution in [3.63, 3.8) is 0 Å². The number of ether oxygens (including phenoxy) is 1. The second-order valence-corrected chi connectivity index (χ2v) is 5.70. The predicted octanol–water partition coefficient (Wildman–Crippen LogP) is 2.37. The highest BCUT2D eigenvalue weighted by molar-refractivity contribution is 9.10. The number of guanidine groups is 1. The zero-order chi connectivity index (χ0) is 16.9. The second kappa shape index (κ2) is 11.9. The van der Waals surface area contributed by atoms with Crippen LogP contribution in [-0.2, 0) is 9.53 Å². The Labute approximate surface area is 146 Å². The third-order valence-electron chi connectivity index (χ3n) is 2.96. The lowest BCUT2D eigenvalue weighted by atomic mass is 10.3. The molecule has 1 rings (SSSR count). The number of nitrogens with zero attached hydrogens (tertiary/aromatic N) is 1. The van der Waals surface area contributed by atoms with Crippen molar-refractivity contribution in [2.24, 2.45) is 4.99 Å². The molecule has 0 spiro atoms. The standard InChI is InChI=1S/C16H25BrN4O2/c1-3-23-12-4-10-19-16(18-2)20-11-9-15(22)21-14-7-5-13(17)6-8-14/h5-8H,3-4,9-12H2,1-2H3,(H,21,22)(H2,18,19,20). The number of carbonyl (C=O) groups excluding carboxylic acids is 1. The van der Waals surface area contributed by atoms with Crippen LogP contribution in [0.1, 0.15) is 19.8 Å². The van der Waals surface area contributed by atoms with Gasteiger partial charge in [0.05, 0.1) is 0 Å². The number of hydrogen-bond acceptors (Lipinski definition) is 3. The van der Waals surface area contributed by atoms with Gasteiger partial charge in [-0.1, -0.05) is 15.9 Å². The predicted molar refractivity (Wildman–Crippen MR) is 97.9 cm³/mol. The highest BCUT2D eigenvalue weighted by Gasteiger charge is 2.03. The molecule has 128 valence electrons. The molecular weight excluding hydrogens is 360 g/mol. The van der Waals surface area contributed by atoms with Crippen LogP contribution < -0.4 is 16.0 Å². The molecule has 0 bridgehead atoms. The minimum atomic E-state index is -0.0355. The Kier molecular flexibility index (Phi) is 10.1. The lowest BCUT2D eigenvalue weighted by molar-refractivity contribution is -0.116. The Morgan fingerprint density at radius 2 is 1.91 bits per heavy atom. The van der Waals surface area contributed by atoms with Crippen LogP contribution in [0.5, 0.6) is 0 Å². The van der Waals surface area contributed by atoms with Crippen molar-refractivity contribution in [2.75, 3.05) is 38.7 Å². The maximum Gasteiger partial charge on any atom is 0.226 e. The van der Waals surface area contributed by atoms with Crippen LogP contribution in [-0.4, -0.2) is 45.2 Å². The number of amides is 1. The number of nitrogens with one attached hydrogen (secondary N) is 3. The van der Waals surface area contributed by atoms with E-state index in [-0.39, 0.29) is 5.91 Å². The normalized spacial score (nSPS) is 11.2. The van der Waals surface area contributed by atoms with E-state index in [9.17, 15) is 4.79 Å². The molecule has 6 nitrogen and oxygen atoms in total. The average Bonchev–Trinajstić information content (AvgIpc) is 2.55. The molecule has 1 amide bonds. The average molecular weight is 385 g/mol. The third-order valence-corrected chi connectivity index (χ3v) is 3.49. The van der Waals surface area contributed by atoms with E-state index in [4.69, 9.17) is 4.74 Å². The van der Waals surface area contributed by atoms with Crippen molar-refractivity contribution in [1.29, 1.82) is 0 Å². The van der Waals surface area contributed by atoms with Crippen LogP contribution >= 0.6 is 15.9 Å². The summed E-state index contributed by atoms with van der Waals surface area (Å²) in [5, 5.41) is 9.15. The summed E-state index contributed by atoms with van der Waals surface area (Å²) in [6, 6.07) is 7.49. The van der Waals surface area contributed by atoms with Gasteiger partial charge >= 0.3 is 0 Å².